The second-order valence-electron chi connectivity index (χ2n) is 6.70. The predicted octanol–water partition coefficient (Wildman–Crippen LogP) is 2.88. The highest BCUT2D eigenvalue weighted by atomic mass is 79.9. The average molecular weight is 446 g/mol. The summed E-state index contributed by atoms with van der Waals surface area (Å²) in [7, 11) is 1.71. The molecule has 2 aliphatic heterocycles. The van der Waals surface area contributed by atoms with Crippen LogP contribution < -0.4 is 10.2 Å². The first-order chi connectivity index (χ1) is 13.0. The first-order valence-corrected chi connectivity index (χ1v) is 10.0. The van der Waals surface area contributed by atoms with E-state index in [1.54, 1.807) is 7.05 Å². The number of morpholine rings is 1. The van der Waals surface area contributed by atoms with E-state index in [1.807, 2.05) is 36.4 Å². The summed E-state index contributed by atoms with van der Waals surface area (Å²) in [6.45, 7) is 3.11. The average Bonchev–Trinajstić information content (AvgIpc) is 2.94. The zero-order valence-electron chi connectivity index (χ0n) is 14.9. The summed E-state index contributed by atoms with van der Waals surface area (Å²) >= 11 is 8.94. The van der Waals surface area contributed by atoms with Gasteiger partial charge >= 0.3 is 0 Å². The lowest BCUT2D eigenvalue weighted by molar-refractivity contribution is -0.129. The second-order valence-corrected chi connectivity index (χ2v) is 8.01. The molecule has 2 aliphatic rings. The minimum Gasteiger partial charge on any atom is -0.378 e. The minimum atomic E-state index is -1.03. The van der Waals surface area contributed by atoms with E-state index in [2.05, 4.69) is 38.3 Å². The van der Waals surface area contributed by atoms with Crippen molar-refractivity contribution in [3.63, 3.8) is 0 Å². The summed E-state index contributed by atoms with van der Waals surface area (Å²) in [5, 5.41) is 3.73. The Morgan fingerprint density at radius 1 is 1.11 bits per heavy atom. The molecule has 0 aliphatic carbocycles. The number of amides is 1. The Balaban J connectivity index is 1.85. The van der Waals surface area contributed by atoms with Crippen LogP contribution in [0.5, 0.6) is 0 Å². The van der Waals surface area contributed by atoms with E-state index in [0.717, 1.165) is 34.4 Å². The van der Waals surface area contributed by atoms with Gasteiger partial charge in [0, 0.05) is 30.3 Å². The summed E-state index contributed by atoms with van der Waals surface area (Å²) < 4.78 is 6.38. The van der Waals surface area contributed by atoms with Crippen molar-refractivity contribution in [1.29, 1.82) is 0 Å². The minimum absolute atomic E-state index is 0.0790. The highest BCUT2D eigenvalue weighted by molar-refractivity contribution is 9.10. The van der Waals surface area contributed by atoms with E-state index in [4.69, 9.17) is 17.0 Å². The number of nitrogens with zero attached hydrogens (tertiary/aromatic N) is 2. The third-order valence-electron chi connectivity index (χ3n) is 5.14. The van der Waals surface area contributed by atoms with Gasteiger partial charge in [-0.2, -0.15) is 0 Å². The van der Waals surface area contributed by atoms with Crippen LogP contribution in [0.25, 0.3) is 0 Å². The molecular weight excluding hydrogens is 426 g/mol. The molecule has 2 saturated heterocycles. The van der Waals surface area contributed by atoms with Crippen molar-refractivity contribution >= 4 is 44.9 Å². The van der Waals surface area contributed by atoms with Crippen LogP contribution in [-0.2, 0) is 15.1 Å². The molecule has 2 aromatic carbocycles. The van der Waals surface area contributed by atoms with Gasteiger partial charge in [-0.05, 0) is 47.6 Å². The highest BCUT2D eigenvalue weighted by Crippen LogP contribution is 2.38. The molecule has 0 radical (unpaired) electrons. The van der Waals surface area contributed by atoms with E-state index in [0.29, 0.717) is 18.3 Å². The summed E-state index contributed by atoms with van der Waals surface area (Å²) in [5.41, 5.74) is 1.78. The van der Waals surface area contributed by atoms with Crippen LogP contribution in [-0.4, -0.2) is 49.3 Å². The van der Waals surface area contributed by atoms with E-state index in [9.17, 15) is 4.79 Å². The van der Waals surface area contributed by atoms with Crippen molar-refractivity contribution in [2.75, 3.05) is 38.3 Å². The molecular formula is C20H20BrN3O2S. The Labute approximate surface area is 172 Å². The van der Waals surface area contributed by atoms with Gasteiger partial charge in [-0.25, -0.2) is 0 Å². The maximum Gasteiger partial charge on any atom is 0.263 e. The van der Waals surface area contributed by atoms with Crippen molar-refractivity contribution in [2.24, 2.45) is 0 Å². The number of likely N-dealkylation sites (N-methyl/N-ethyl adjacent to an activating group) is 1. The van der Waals surface area contributed by atoms with Gasteiger partial charge in [-0.1, -0.05) is 40.2 Å². The number of carbonyl (C=O) groups is 1. The quantitative estimate of drug-likeness (QED) is 0.735. The fourth-order valence-corrected chi connectivity index (χ4v) is 4.31. The van der Waals surface area contributed by atoms with E-state index < -0.39 is 5.54 Å². The highest BCUT2D eigenvalue weighted by Gasteiger charge is 2.51. The van der Waals surface area contributed by atoms with Crippen LogP contribution in [0.1, 0.15) is 11.1 Å². The molecule has 0 saturated carbocycles. The third kappa shape index (κ3) is 3.13. The Morgan fingerprint density at radius 3 is 2.41 bits per heavy atom. The van der Waals surface area contributed by atoms with E-state index in [-0.39, 0.29) is 5.91 Å². The number of rotatable bonds is 3. The molecule has 0 bridgehead atoms. The molecule has 2 heterocycles. The van der Waals surface area contributed by atoms with Crippen LogP contribution >= 0.6 is 28.1 Å². The van der Waals surface area contributed by atoms with E-state index in [1.165, 1.54) is 4.90 Å². The van der Waals surface area contributed by atoms with Crippen molar-refractivity contribution in [3.05, 3.63) is 64.1 Å². The molecule has 1 unspecified atom stereocenters. The number of hydrogen-bond acceptors (Lipinski definition) is 4. The Morgan fingerprint density at radius 2 is 1.78 bits per heavy atom. The maximum absolute atomic E-state index is 13.4. The Kier molecular flexibility index (Phi) is 4.92. The van der Waals surface area contributed by atoms with Gasteiger partial charge < -0.3 is 15.0 Å². The topological polar surface area (TPSA) is 44.8 Å². The standard InChI is InChI=1S/C20H20BrN3O2S/c1-23-18(25)20(22-19(23)27,14-4-2-6-16(21)12-14)15-5-3-7-17(13-15)24-8-10-26-11-9-24/h2-7,12-13H,8-11H2,1H3,(H,22,27). The van der Waals surface area contributed by atoms with Gasteiger partial charge in [-0.15, -0.1) is 0 Å². The molecule has 2 fully saturated rings. The lowest BCUT2D eigenvalue weighted by Crippen LogP contribution is -2.45. The number of nitrogens with one attached hydrogen (secondary N) is 1. The lowest BCUT2D eigenvalue weighted by atomic mass is 9.82. The largest absolute Gasteiger partial charge is 0.378 e. The smallest absolute Gasteiger partial charge is 0.263 e. The number of halogens is 1. The summed E-state index contributed by atoms with van der Waals surface area (Å²) in [6, 6.07) is 15.9. The van der Waals surface area contributed by atoms with Crippen LogP contribution in [0.2, 0.25) is 0 Å². The summed E-state index contributed by atoms with van der Waals surface area (Å²) in [4.78, 5) is 17.2. The first-order valence-electron chi connectivity index (χ1n) is 8.82. The number of anilines is 1. The molecule has 27 heavy (non-hydrogen) atoms. The molecule has 0 aromatic heterocycles. The first kappa shape index (κ1) is 18.4. The molecule has 0 spiro atoms. The summed E-state index contributed by atoms with van der Waals surface area (Å²) in [5.74, 6) is -0.0790. The zero-order chi connectivity index (χ0) is 19.0. The van der Waals surface area contributed by atoms with Crippen LogP contribution in [0, 0.1) is 0 Å². The predicted molar refractivity (Wildman–Crippen MR) is 113 cm³/mol. The molecule has 1 N–H and O–H groups in total. The fourth-order valence-electron chi connectivity index (χ4n) is 3.68. The Hall–Kier alpha value is -1.96. The molecule has 5 nitrogen and oxygen atoms in total. The summed E-state index contributed by atoms with van der Waals surface area (Å²) in [6.07, 6.45) is 0. The Bertz CT molecular complexity index is 900. The molecule has 140 valence electrons. The normalized spacial score (nSPS) is 22.9. The molecule has 4 rings (SSSR count). The third-order valence-corrected chi connectivity index (χ3v) is 6.01. The monoisotopic (exact) mass is 445 g/mol. The second kappa shape index (κ2) is 7.22. The molecule has 7 heteroatoms. The van der Waals surface area contributed by atoms with Gasteiger partial charge in [0.2, 0.25) is 0 Å². The number of ether oxygens (including phenoxy) is 1. The maximum atomic E-state index is 13.4. The van der Waals surface area contributed by atoms with Crippen molar-refractivity contribution in [1.82, 2.24) is 10.2 Å². The SMILES string of the molecule is CN1C(=O)C(c2cccc(Br)c2)(c2cccc(N3CCOCC3)c2)NC1=S. The lowest BCUT2D eigenvalue weighted by Gasteiger charge is -2.32. The van der Waals surface area contributed by atoms with Crippen LogP contribution in [0.3, 0.4) is 0 Å². The molecule has 1 atom stereocenters. The zero-order valence-corrected chi connectivity index (χ0v) is 17.3. The molecule has 2 aromatic rings. The number of hydrogen-bond donors (Lipinski definition) is 1. The van der Waals surface area contributed by atoms with E-state index >= 15 is 0 Å². The van der Waals surface area contributed by atoms with Gasteiger partial charge in [-0.3, -0.25) is 9.69 Å². The van der Waals surface area contributed by atoms with Crippen molar-refractivity contribution < 1.29 is 9.53 Å². The van der Waals surface area contributed by atoms with Crippen LogP contribution in [0.4, 0.5) is 5.69 Å². The van der Waals surface area contributed by atoms with Crippen molar-refractivity contribution in [2.45, 2.75) is 5.54 Å². The number of benzene rings is 2. The van der Waals surface area contributed by atoms with Gasteiger partial charge in [0.05, 0.1) is 13.2 Å². The number of carbonyl (C=O) groups excluding carboxylic acids is 1. The number of thiocarbonyl (C=S) groups is 1. The van der Waals surface area contributed by atoms with Crippen LogP contribution in [0.15, 0.2) is 53.0 Å². The van der Waals surface area contributed by atoms with Gasteiger partial charge in [0.1, 0.15) is 0 Å². The molecule has 1 amide bonds. The van der Waals surface area contributed by atoms with Gasteiger partial charge in [0.15, 0.2) is 10.7 Å². The van der Waals surface area contributed by atoms with Gasteiger partial charge in [0.25, 0.3) is 5.91 Å². The fraction of sp³-hybridized carbons (Fsp3) is 0.300. The van der Waals surface area contributed by atoms with Crippen molar-refractivity contribution in [3.8, 4) is 0 Å².